The lowest BCUT2D eigenvalue weighted by Gasteiger charge is -2.34. The van der Waals surface area contributed by atoms with Gasteiger partial charge in [-0.25, -0.2) is 4.39 Å². The number of halogens is 5. The van der Waals surface area contributed by atoms with E-state index in [1.54, 1.807) is 0 Å². The van der Waals surface area contributed by atoms with Crippen molar-refractivity contribution in [3.8, 4) is 5.75 Å². The minimum absolute atomic E-state index is 0.0435. The van der Waals surface area contributed by atoms with Crippen molar-refractivity contribution in [1.82, 2.24) is 4.98 Å². The molecule has 2 fully saturated rings. The van der Waals surface area contributed by atoms with Crippen molar-refractivity contribution < 1.29 is 41.0 Å². The van der Waals surface area contributed by atoms with Gasteiger partial charge in [0.1, 0.15) is 11.8 Å². The maximum absolute atomic E-state index is 14.6. The number of anilines is 1. The molecule has 4 rings (SSSR count). The van der Waals surface area contributed by atoms with Gasteiger partial charge in [-0.05, 0) is 43.9 Å². The fourth-order valence-electron chi connectivity index (χ4n) is 4.85. The topological polar surface area (TPSA) is 104 Å². The molecule has 0 spiro atoms. The van der Waals surface area contributed by atoms with E-state index in [0.29, 0.717) is 12.8 Å². The van der Waals surface area contributed by atoms with Crippen LogP contribution in [0.5, 0.6) is 5.75 Å². The predicted octanol–water partition coefficient (Wildman–Crippen LogP) is 3.94. The van der Waals surface area contributed by atoms with E-state index in [-0.39, 0.29) is 16.9 Å². The lowest BCUT2D eigenvalue weighted by molar-refractivity contribution is -0.275. The first-order chi connectivity index (χ1) is 16.4. The number of alkyl halides is 3. The summed E-state index contributed by atoms with van der Waals surface area (Å²) in [7, 11) is 1.06. The molecule has 12 heteroatoms. The molecule has 4 atom stereocenters. The molecule has 188 valence electrons. The molecule has 1 saturated carbocycles. The maximum Gasteiger partial charge on any atom is 0.417 e. The maximum atomic E-state index is 14.6. The number of nitrogens with two attached hydrogens (primary N) is 1. The Morgan fingerprint density at radius 2 is 1.91 bits per heavy atom. The lowest BCUT2D eigenvalue weighted by atomic mass is 9.73. The van der Waals surface area contributed by atoms with E-state index in [0.717, 1.165) is 32.2 Å². The van der Waals surface area contributed by atoms with Gasteiger partial charge in [-0.2, -0.15) is 17.6 Å². The highest BCUT2D eigenvalue weighted by Crippen LogP contribution is 2.62. The first kappa shape index (κ1) is 24.8. The van der Waals surface area contributed by atoms with E-state index in [9.17, 15) is 31.5 Å². The summed E-state index contributed by atoms with van der Waals surface area (Å²) in [6.07, 6.45) is -4.49. The van der Waals surface area contributed by atoms with Crippen molar-refractivity contribution in [2.45, 2.75) is 43.6 Å². The quantitative estimate of drug-likeness (QED) is 0.587. The summed E-state index contributed by atoms with van der Waals surface area (Å²) in [4.78, 5) is 28.4. The summed E-state index contributed by atoms with van der Waals surface area (Å²) >= 11 is 0. The van der Waals surface area contributed by atoms with Gasteiger partial charge in [0, 0.05) is 29.3 Å². The normalized spacial score (nSPS) is 26.4. The first-order valence-corrected chi connectivity index (χ1v) is 10.7. The van der Waals surface area contributed by atoms with Gasteiger partial charge in [0.05, 0.1) is 7.11 Å². The van der Waals surface area contributed by atoms with Crippen LogP contribution >= 0.6 is 0 Å². The summed E-state index contributed by atoms with van der Waals surface area (Å²) in [6, 6.07) is 4.36. The van der Waals surface area contributed by atoms with Gasteiger partial charge in [0.25, 0.3) is 11.8 Å². The molecule has 0 bridgehead atoms. The lowest BCUT2D eigenvalue weighted by Crippen LogP contribution is -2.49. The molecule has 35 heavy (non-hydrogen) atoms. The van der Waals surface area contributed by atoms with Gasteiger partial charge in [0.15, 0.2) is 17.2 Å². The Balaban J connectivity index is 1.81. The predicted molar refractivity (Wildman–Crippen MR) is 113 cm³/mol. The van der Waals surface area contributed by atoms with E-state index in [4.69, 9.17) is 15.2 Å². The molecule has 0 radical (unpaired) electrons. The zero-order valence-corrected chi connectivity index (χ0v) is 18.7. The van der Waals surface area contributed by atoms with Crippen molar-refractivity contribution in [2.24, 2.45) is 17.6 Å². The van der Waals surface area contributed by atoms with Crippen LogP contribution in [0, 0.1) is 23.5 Å². The second kappa shape index (κ2) is 8.74. The Morgan fingerprint density at radius 3 is 2.49 bits per heavy atom. The third-order valence-corrected chi connectivity index (χ3v) is 6.60. The number of pyridine rings is 1. The molecule has 2 aromatic rings. The number of primary amides is 1. The fraction of sp³-hybridized carbons (Fsp3) is 0.435. The van der Waals surface area contributed by atoms with Crippen LogP contribution in [-0.2, 0) is 9.53 Å². The van der Waals surface area contributed by atoms with Gasteiger partial charge in [-0.1, -0.05) is 6.07 Å². The molecule has 2 heterocycles. The van der Waals surface area contributed by atoms with Gasteiger partial charge in [0.2, 0.25) is 5.82 Å². The standard InChI is InChI=1S/C23H22F5N3O4/c1-22(23(26,27)28)16(10-3-4-10)15(12-5-6-13(24)17(25)18(12)34-2)19(35-22)21(33)31-11-7-8-30-14(9-11)20(29)32/h5-10,15-16,19H,3-4H2,1-2H3,(H2,29,32)(H,30,31,33)/t15-,16+,19-,22-/m0/s1. The van der Waals surface area contributed by atoms with Crippen molar-refractivity contribution >= 4 is 17.5 Å². The van der Waals surface area contributed by atoms with Gasteiger partial charge < -0.3 is 20.5 Å². The summed E-state index contributed by atoms with van der Waals surface area (Å²) in [5.41, 5.74) is 2.21. The Morgan fingerprint density at radius 1 is 1.23 bits per heavy atom. The molecule has 1 aromatic heterocycles. The van der Waals surface area contributed by atoms with Crippen molar-refractivity contribution in [1.29, 1.82) is 0 Å². The number of rotatable bonds is 6. The number of carbonyl (C=O) groups excluding carboxylic acids is 2. The zero-order chi connectivity index (χ0) is 25.7. The summed E-state index contributed by atoms with van der Waals surface area (Å²) in [5.74, 6) is -8.09. The zero-order valence-electron chi connectivity index (χ0n) is 18.7. The van der Waals surface area contributed by atoms with E-state index in [2.05, 4.69) is 10.3 Å². The number of nitrogens with zero attached hydrogens (tertiary/aromatic N) is 1. The second-order valence-electron chi connectivity index (χ2n) is 8.80. The number of benzene rings is 1. The van der Waals surface area contributed by atoms with Crippen LogP contribution in [-0.4, -0.2) is 41.8 Å². The van der Waals surface area contributed by atoms with Crippen LogP contribution in [0.3, 0.4) is 0 Å². The molecular weight excluding hydrogens is 477 g/mol. The number of aromatic nitrogens is 1. The summed E-state index contributed by atoms with van der Waals surface area (Å²) in [6.45, 7) is 0.861. The highest BCUT2D eigenvalue weighted by atomic mass is 19.4. The smallest absolute Gasteiger partial charge is 0.417 e. The van der Waals surface area contributed by atoms with E-state index in [1.807, 2.05) is 0 Å². The average molecular weight is 499 g/mol. The first-order valence-electron chi connectivity index (χ1n) is 10.7. The van der Waals surface area contributed by atoms with Gasteiger partial charge >= 0.3 is 6.18 Å². The van der Waals surface area contributed by atoms with Crippen molar-refractivity contribution in [3.05, 3.63) is 53.4 Å². The molecule has 0 unspecified atom stereocenters. The Bertz CT molecular complexity index is 1170. The van der Waals surface area contributed by atoms with Crippen LogP contribution in [0.4, 0.5) is 27.6 Å². The Kier molecular flexibility index (Phi) is 6.20. The Labute approximate surface area is 196 Å². The van der Waals surface area contributed by atoms with E-state index in [1.165, 1.54) is 12.3 Å². The summed E-state index contributed by atoms with van der Waals surface area (Å²) < 4.78 is 81.9. The molecule has 1 aliphatic carbocycles. The highest BCUT2D eigenvalue weighted by Gasteiger charge is 2.70. The molecule has 7 nitrogen and oxygen atoms in total. The third kappa shape index (κ3) is 4.30. The minimum Gasteiger partial charge on any atom is -0.493 e. The monoisotopic (exact) mass is 499 g/mol. The highest BCUT2D eigenvalue weighted by molar-refractivity contribution is 5.97. The van der Waals surface area contributed by atoms with Crippen molar-refractivity contribution in [2.75, 3.05) is 12.4 Å². The number of carbonyl (C=O) groups is 2. The molecule has 2 amide bonds. The molecule has 1 saturated heterocycles. The summed E-state index contributed by atoms with van der Waals surface area (Å²) in [5, 5.41) is 2.42. The van der Waals surface area contributed by atoms with Crippen LogP contribution in [0.1, 0.15) is 41.7 Å². The SMILES string of the molecule is COc1c([C@@H]2[C@@H](C(=O)Nc3ccnc(C(N)=O)c3)O[C@](C)(C(F)(F)F)[C@@H]2C2CC2)ccc(F)c1F. The fourth-order valence-corrected chi connectivity index (χ4v) is 4.85. The number of amides is 2. The van der Waals surface area contributed by atoms with Crippen molar-refractivity contribution in [3.63, 3.8) is 0 Å². The minimum atomic E-state index is -4.87. The van der Waals surface area contributed by atoms with Gasteiger partial charge in [-0.15, -0.1) is 0 Å². The van der Waals surface area contributed by atoms with Crippen LogP contribution in [0.25, 0.3) is 0 Å². The van der Waals surface area contributed by atoms with E-state index >= 15 is 0 Å². The number of hydrogen-bond donors (Lipinski definition) is 2. The Hall–Kier alpha value is -3.28. The molecule has 1 aromatic carbocycles. The number of nitrogens with one attached hydrogen (secondary N) is 1. The van der Waals surface area contributed by atoms with Crippen LogP contribution in [0.15, 0.2) is 30.5 Å². The largest absolute Gasteiger partial charge is 0.493 e. The molecule has 2 aliphatic rings. The van der Waals surface area contributed by atoms with Crippen LogP contribution in [0.2, 0.25) is 0 Å². The van der Waals surface area contributed by atoms with E-state index < -0.39 is 64.8 Å². The molecule has 3 N–H and O–H groups in total. The number of hydrogen-bond acceptors (Lipinski definition) is 5. The van der Waals surface area contributed by atoms with Crippen LogP contribution < -0.4 is 15.8 Å². The molecular formula is C23H22F5N3O4. The average Bonchev–Trinajstić information content (AvgIpc) is 3.57. The molecule has 1 aliphatic heterocycles. The number of methoxy groups -OCH3 is 1. The second-order valence-corrected chi connectivity index (χ2v) is 8.80. The number of ether oxygens (including phenoxy) is 2. The van der Waals surface area contributed by atoms with Gasteiger partial charge in [-0.3, -0.25) is 14.6 Å². The third-order valence-electron chi connectivity index (χ3n) is 6.60.